The van der Waals surface area contributed by atoms with Crippen molar-refractivity contribution < 1.29 is 18.3 Å². The number of carbonyl (C=O) groups is 1. The topological polar surface area (TPSA) is 76.4 Å². The summed E-state index contributed by atoms with van der Waals surface area (Å²) in [6.07, 6.45) is 1.37. The van der Waals surface area contributed by atoms with Gasteiger partial charge in [-0.3, -0.25) is 4.79 Å². The highest BCUT2D eigenvalue weighted by Gasteiger charge is 2.32. The molecule has 30 heavy (non-hydrogen) atoms. The lowest BCUT2D eigenvalue weighted by Gasteiger charge is -2.20. The lowest BCUT2D eigenvalue weighted by molar-refractivity contribution is -0.138. The fourth-order valence-electron chi connectivity index (χ4n) is 3.51. The summed E-state index contributed by atoms with van der Waals surface area (Å²) in [5.74, 6) is -1.82. The molecule has 1 heterocycles. The minimum absolute atomic E-state index is 0.172. The number of aromatic nitrogens is 1. The van der Waals surface area contributed by atoms with E-state index < -0.39 is 27.2 Å². The van der Waals surface area contributed by atoms with Gasteiger partial charge in [0.15, 0.2) is 0 Å². The fourth-order valence-corrected chi connectivity index (χ4v) is 5.61. The van der Waals surface area contributed by atoms with Crippen molar-refractivity contribution in [2.75, 3.05) is 0 Å². The predicted molar refractivity (Wildman–Crippen MR) is 121 cm³/mol. The van der Waals surface area contributed by atoms with Crippen LogP contribution in [0.15, 0.2) is 61.2 Å². The Morgan fingerprint density at radius 1 is 1.07 bits per heavy atom. The van der Waals surface area contributed by atoms with E-state index in [0.29, 0.717) is 27.4 Å². The number of aliphatic carboxylic acids is 1. The van der Waals surface area contributed by atoms with Crippen molar-refractivity contribution >= 4 is 38.5 Å². The average molecular weight is 446 g/mol. The monoisotopic (exact) mass is 445 g/mol. The standard InChI is InChI=1S/C23H24ClNO4S/c1-5-22(17-8-6-16(7-9-17)14(2)3)30(28,29)25-20-11-10-19(24)12-18(20)13-21(25)15(4)23(26)27/h5-15,22H,1H2,2-4H3,(H,26,27). The molecule has 1 N–H and O–H groups in total. The van der Waals surface area contributed by atoms with Gasteiger partial charge in [0.25, 0.3) is 0 Å². The second kappa shape index (κ2) is 8.28. The summed E-state index contributed by atoms with van der Waals surface area (Å²) in [5.41, 5.74) is 2.22. The molecular weight excluding hydrogens is 422 g/mol. The van der Waals surface area contributed by atoms with Crippen molar-refractivity contribution in [1.29, 1.82) is 0 Å². The van der Waals surface area contributed by atoms with E-state index in [-0.39, 0.29) is 5.69 Å². The molecule has 0 amide bonds. The molecule has 7 heteroatoms. The van der Waals surface area contributed by atoms with Crippen LogP contribution in [0.4, 0.5) is 0 Å². The van der Waals surface area contributed by atoms with Crippen LogP contribution >= 0.6 is 11.6 Å². The number of rotatable bonds is 7. The van der Waals surface area contributed by atoms with Crippen LogP contribution in [-0.2, 0) is 14.8 Å². The van der Waals surface area contributed by atoms with Gasteiger partial charge in [-0.1, -0.05) is 55.8 Å². The van der Waals surface area contributed by atoms with Crippen molar-refractivity contribution in [1.82, 2.24) is 3.97 Å². The van der Waals surface area contributed by atoms with Gasteiger partial charge in [-0.15, -0.1) is 6.58 Å². The quantitative estimate of drug-likeness (QED) is 0.472. The summed E-state index contributed by atoms with van der Waals surface area (Å²) in [4.78, 5) is 11.7. The molecule has 0 fully saturated rings. The first-order chi connectivity index (χ1) is 14.1. The van der Waals surface area contributed by atoms with Gasteiger partial charge >= 0.3 is 5.97 Å². The fraction of sp³-hybridized carbons (Fsp3) is 0.261. The van der Waals surface area contributed by atoms with E-state index in [2.05, 4.69) is 20.4 Å². The van der Waals surface area contributed by atoms with Gasteiger partial charge in [0, 0.05) is 16.1 Å². The number of carboxylic acid groups (broad SMARTS) is 1. The molecule has 0 bridgehead atoms. The maximum atomic E-state index is 13.8. The van der Waals surface area contributed by atoms with E-state index in [1.807, 2.05) is 12.1 Å². The number of carboxylic acids is 1. The highest BCUT2D eigenvalue weighted by molar-refractivity contribution is 7.90. The van der Waals surface area contributed by atoms with Gasteiger partial charge in [0.1, 0.15) is 5.25 Å². The SMILES string of the molecule is C=CC(c1ccc(C(C)C)cc1)S(=O)(=O)n1c(C(C)C(=O)O)cc2cc(Cl)ccc21. The molecule has 0 aliphatic carbocycles. The molecule has 1 aromatic heterocycles. The summed E-state index contributed by atoms with van der Waals surface area (Å²) < 4.78 is 28.6. The Labute approximate surface area is 181 Å². The zero-order valence-electron chi connectivity index (χ0n) is 17.0. The van der Waals surface area contributed by atoms with Gasteiger partial charge in [0.05, 0.1) is 11.4 Å². The molecule has 2 atom stereocenters. The van der Waals surface area contributed by atoms with Crippen LogP contribution in [0.1, 0.15) is 54.7 Å². The molecular formula is C23H24ClNO4S. The van der Waals surface area contributed by atoms with Gasteiger partial charge in [-0.25, -0.2) is 12.4 Å². The van der Waals surface area contributed by atoms with Crippen molar-refractivity contribution in [3.8, 4) is 0 Å². The highest BCUT2D eigenvalue weighted by Crippen LogP contribution is 2.35. The van der Waals surface area contributed by atoms with E-state index in [1.54, 1.807) is 36.4 Å². The Hall–Kier alpha value is -2.57. The summed E-state index contributed by atoms with van der Waals surface area (Å²) in [6.45, 7) is 9.33. The van der Waals surface area contributed by atoms with E-state index in [4.69, 9.17) is 11.6 Å². The third-order valence-corrected chi connectivity index (χ3v) is 7.54. The predicted octanol–water partition coefficient (Wildman–Crippen LogP) is 5.71. The van der Waals surface area contributed by atoms with Crippen molar-refractivity contribution in [2.45, 2.75) is 37.9 Å². The molecule has 2 unspecified atom stereocenters. The largest absolute Gasteiger partial charge is 0.481 e. The molecule has 2 aromatic carbocycles. The van der Waals surface area contributed by atoms with Crippen LogP contribution in [0.25, 0.3) is 10.9 Å². The van der Waals surface area contributed by atoms with Crippen LogP contribution in [0, 0.1) is 0 Å². The first-order valence-electron chi connectivity index (χ1n) is 9.58. The normalized spacial score (nSPS) is 14.0. The molecule has 3 rings (SSSR count). The maximum absolute atomic E-state index is 13.8. The lowest BCUT2D eigenvalue weighted by atomic mass is 10.0. The molecule has 158 valence electrons. The van der Waals surface area contributed by atoms with E-state index in [9.17, 15) is 18.3 Å². The number of fused-ring (bicyclic) bond motifs is 1. The van der Waals surface area contributed by atoms with Gasteiger partial charge in [-0.05, 0) is 48.2 Å². The van der Waals surface area contributed by atoms with Gasteiger partial charge < -0.3 is 5.11 Å². The van der Waals surface area contributed by atoms with Gasteiger partial charge in [-0.2, -0.15) is 0 Å². The smallest absolute Gasteiger partial charge is 0.312 e. The number of benzene rings is 2. The molecule has 0 aliphatic rings. The van der Waals surface area contributed by atoms with Crippen LogP contribution in [0.3, 0.4) is 0 Å². The van der Waals surface area contributed by atoms with Crippen LogP contribution in [0.2, 0.25) is 5.02 Å². The minimum Gasteiger partial charge on any atom is -0.481 e. The Balaban J connectivity index is 2.24. The zero-order chi connectivity index (χ0) is 22.2. The third-order valence-electron chi connectivity index (χ3n) is 5.28. The molecule has 0 aliphatic heterocycles. The van der Waals surface area contributed by atoms with E-state index >= 15 is 0 Å². The average Bonchev–Trinajstić information content (AvgIpc) is 3.07. The maximum Gasteiger partial charge on any atom is 0.312 e. The Bertz CT molecular complexity index is 1210. The summed E-state index contributed by atoms with van der Waals surface area (Å²) in [5, 5.41) is 9.51. The molecule has 3 aromatic rings. The second-order valence-corrected chi connectivity index (χ2v) is 9.96. The first-order valence-corrected chi connectivity index (χ1v) is 11.5. The van der Waals surface area contributed by atoms with Crippen LogP contribution in [0.5, 0.6) is 0 Å². The van der Waals surface area contributed by atoms with Crippen molar-refractivity contribution in [2.24, 2.45) is 0 Å². The zero-order valence-corrected chi connectivity index (χ0v) is 18.6. The molecule has 0 saturated heterocycles. The Morgan fingerprint density at radius 2 is 1.67 bits per heavy atom. The summed E-state index contributed by atoms with van der Waals surface area (Å²) in [6, 6.07) is 13.7. The Kier molecular flexibility index (Phi) is 6.11. The minimum atomic E-state index is -4.05. The van der Waals surface area contributed by atoms with Crippen LogP contribution < -0.4 is 0 Å². The highest BCUT2D eigenvalue weighted by atomic mass is 35.5. The van der Waals surface area contributed by atoms with Crippen LogP contribution in [-0.4, -0.2) is 23.5 Å². The van der Waals surface area contributed by atoms with Crippen molar-refractivity contribution in [3.05, 3.63) is 83.0 Å². The van der Waals surface area contributed by atoms with Crippen molar-refractivity contribution in [3.63, 3.8) is 0 Å². The van der Waals surface area contributed by atoms with E-state index in [1.165, 1.54) is 13.0 Å². The van der Waals surface area contributed by atoms with Gasteiger partial charge in [0.2, 0.25) is 10.0 Å². The summed E-state index contributed by atoms with van der Waals surface area (Å²) in [7, 11) is -4.05. The first kappa shape index (κ1) is 22.1. The molecule has 0 saturated carbocycles. The Morgan fingerprint density at radius 3 is 2.20 bits per heavy atom. The third kappa shape index (κ3) is 3.89. The number of halogens is 1. The number of hydrogen-bond acceptors (Lipinski definition) is 3. The second-order valence-electron chi connectivity index (χ2n) is 7.62. The molecule has 0 spiro atoms. The van der Waals surface area contributed by atoms with E-state index in [0.717, 1.165) is 9.54 Å². The lowest BCUT2D eigenvalue weighted by Crippen LogP contribution is -2.24. The molecule has 5 nitrogen and oxygen atoms in total. The molecule has 0 radical (unpaired) electrons. The summed E-state index contributed by atoms with van der Waals surface area (Å²) >= 11 is 6.07. The number of nitrogens with zero attached hydrogens (tertiary/aromatic N) is 1. The number of hydrogen-bond donors (Lipinski definition) is 1.